The van der Waals surface area contributed by atoms with E-state index in [1.807, 2.05) is 0 Å². The van der Waals surface area contributed by atoms with Crippen molar-refractivity contribution in [1.82, 2.24) is 9.78 Å². The minimum Gasteiger partial charge on any atom is -0.451 e. The molecule has 0 aromatic carbocycles. The van der Waals surface area contributed by atoms with Gasteiger partial charge in [-0.15, -0.1) is 11.3 Å². The third kappa shape index (κ3) is 4.23. The van der Waals surface area contributed by atoms with Gasteiger partial charge in [-0.25, -0.2) is 9.48 Å². The predicted molar refractivity (Wildman–Crippen MR) is 98.7 cm³/mol. The number of carbonyl (C=O) groups excluding carboxylic acids is 2. The Balaban J connectivity index is 1.64. The smallest absolute Gasteiger partial charge is 0.359 e. The van der Waals surface area contributed by atoms with Crippen molar-refractivity contribution < 1.29 is 14.3 Å². The number of fused-ring (bicyclic) bond motifs is 1. The van der Waals surface area contributed by atoms with Gasteiger partial charge in [0.25, 0.3) is 11.5 Å². The van der Waals surface area contributed by atoms with Gasteiger partial charge in [-0.3, -0.25) is 9.59 Å². The fourth-order valence-electron chi connectivity index (χ4n) is 2.93. The second-order valence-corrected chi connectivity index (χ2v) is 7.29. The van der Waals surface area contributed by atoms with Crippen LogP contribution in [0, 0.1) is 11.3 Å². The molecule has 8 nitrogen and oxygen atoms in total. The maximum Gasteiger partial charge on any atom is 0.359 e. The minimum absolute atomic E-state index is 0.0644. The second-order valence-electron chi connectivity index (χ2n) is 6.19. The first-order valence-electron chi connectivity index (χ1n) is 8.55. The van der Waals surface area contributed by atoms with E-state index in [2.05, 4.69) is 16.5 Å². The molecule has 0 saturated carbocycles. The predicted octanol–water partition coefficient (Wildman–Crippen LogP) is 1.78. The van der Waals surface area contributed by atoms with E-state index in [-0.39, 0.29) is 11.3 Å². The fourth-order valence-corrected chi connectivity index (χ4v) is 4.18. The molecule has 1 amide bonds. The van der Waals surface area contributed by atoms with Crippen LogP contribution in [0.3, 0.4) is 0 Å². The molecule has 0 bridgehead atoms. The number of nitrogens with zero attached hydrogens (tertiary/aromatic N) is 3. The molecule has 0 aliphatic heterocycles. The largest absolute Gasteiger partial charge is 0.451 e. The highest BCUT2D eigenvalue weighted by Gasteiger charge is 2.21. The van der Waals surface area contributed by atoms with Gasteiger partial charge in [0.2, 0.25) is 0 Å². The Morgan fingerprint density at radius 3 is 2.85 bits per heavy atom. The van der Waals surface area contributed by atoms with Crippen LogP contribution in [0.1, 0.15) is 45.8 Å². The molecule has 9 heteroatoms. The molecule has 0 fully saturated rings. The van der Waals surface area contributed by atoms with Crippen LogP contribution in [-0.4, -0.2) is 28.3 Å². The number of aryl methyl sites for hydroxylation is 2. The number of aromatic nitrogens is 2. The molecular formula is C18H18N4O4S. The lowest BCUT2D eigenvalue weighted by atomic mass is 10.1. The van der Waals surface area contributed by atoms with E-state index >= 15 is 0 Å². The maximum absolute atomic E-state index is 12.2. The standard InChI is InChI=1S/C18H18N4O4S/c1-22-16(24)8-7-13(21-22)18(25)26-10-15(23)20-17-12(9-19)11-5-3-2-4-6-14(11)27-17/h7-8H,2-6,10H2,1H3,(H,20,23). The lowest BCUT2D eigenvalue weighted by Gasteiger charge is -2.06. The second kappa shape index (κ2) is 8.14. The first-order chi connectivity index (χ1) is 13.0. The Kier molecular flexibility index (Phi) is 5.66. The molecule has 2 heterocycles. The van der Waals surface area contributed by atoms with Gasteiger partial charge in [0.1, 0.15) is 11.1 Å². The van der Waals surface area contributed by atoms with Crippen molar-refractivity contribution in [2.75, 3.05) is 11.9 Å². The van der Waals surface area contributed by atoms with Crippen LogP contribution < -0.4 is 10.9 Å². The number of nitriles is 1. The zero-order chi connectivity index (χ0) is 19.4. The number of rotatable bonds is 4. The molecule has 0 saturated heterocycles. The minimum atomic E-state index is -0.803. The number of carbonyl (C=O) groups is 2. The van der Waals surface area contributed by atoms with Crippen LogP contribution in [0.5, 0.6) is 0 Å². The molecule has 3 rings (SSSR count). The van der Waals surface area contributed by atoms with Crippen molar-refractivity contribution in [1.29, 1.82) is 5.26 Å². The summed E-state index contributed by atoms with van der Waals surface area (Å²) in [5.41, 5.74) is 1.12. The van der Waals surface area contributed by atoms with Gasteiger partial charge < -0.3 is 10.1 Å². The fraction of sp³-hybridized carbons (Fsp3) is 0.389. The van der Waals surface area contributed by atoms with E-state index in [0.717, 1.165) is 47.2 Å². The van der Waals surface area contributed by atoms with Crippen molar-refractivity contribution in [3.8, 4) is 6.07 Å². The number of thiophene rings is 1. The Hall–Kier alpha value is -2.99. The number of ether oxygens (including phenoxy) is 1. The third-order valence-electron chi connectivity index (χ3n) is 4.29. The van der Waals surface area contributed by atoms with E-state index < -0.39 is 18.5 Å². The Morgan fingerprint density at radius 2 is 2.11 bits per heavy atom. The maximum atomic E-state index is 12.2. The summed E-state index contributed by atoms with van der Waals surface area (Å²) in [5.74, 6) is -1.33. The van der Waals surface area contributed by atoms with E-state index in [9.17, 15) is 19.6 Å². The van der Waals surface area contributed by atoms with Gasteiger partial charge >= 0.3 is 5.97 Å². The van der Waals surface area contributed by atoms with Crippen molar-refractivity contribution in [2.45, 2.75) is 32.1 Å². The van der Waals surface area contributed by atoms with Gasteiger partial charge in [0, 0.05) is 18.0 Å². The molecular weight excluding hydrogens is 368 g/mol. The van der Waals surface area contributed by atoms with Gasteiger partial charge in [0.15, 0.2) is 12.3 Å². The van der Waals surface area contributed by atoms with Gasteiger partial charge in [-0.1, -0.05) is 6.42 Å². The first kappa shape index (κ1) is 18.8. The SMILES string of the molecule is Cn1nc(C(=O)OCC(=O)Nc2sc3c(c2C#N)CCCCC3)ccc1=O. The van der Waals surface area contributed by atoms with Crippen LogP contribution in [0.15, 0.2) is 16.9 Å². The zero-order valence-corrected chi connectivity index (χ0v) is 15.6. The van der Waals surface area contributed by atoms with Gasteiger partial charge in [0.05, 0.1) is 5.56 Å². The number of nitrogens with one attached hydrogen (secondary N) is 1. The number of anilines is 1. The molecule has 0 atom stereocenters. The molecule has 0 spiro atoms. The number of hydrogen-bond acceptors (Lipinski definition) is 7. The monoisotopic (exact) mass is 386 g/mol. The van der Waals surface area contributed by atoms with Crippen LogP contribution >= 0.6 is 11.3 Å². The third-order valence-corrected chi connectivity index (χ3v) is 5.50. The van der Waals surface area contributed by atoms with E-state index in [4.69, 9.17) is 4.74 Å². The van der Waals surface area contributed by atoms with E-state index in [1.54, 1.807) is 0 Å². The Morgan fingerprint density at radius 1 is 1.33 bits per heavy atom. The van der Waals surface area contributed by atoms with E-state index in [1.165, 1.54) is 30.5 Å². The van der Waals surface area contributed by atoms with Crippen molar-refractivity contribution >= 4 is 28.2 Å². The van der Waals surface area contributed by atoms with Gasteiger partial charge in [-0.05, 0) is 37.3 Å². The van der Waals surface area contributed by atoms with Crippen LogP contribution in [-0.2, 0) is 29.4 Å². The lowest BCUT2D eigenvalue weighted by Crippen LogP contribution is -2.24. The zero-order valence-electron chi connectivity index (χ0n) is 14.8. The number of hydrogen-bond donors (Lipinski definition) is 1. The van der Waals surface area contributed by atoms with Gasteiger partial charge in [-0.2, -0.15) is 10.4 Å². The molecule has 0 radical (unpaired) electrons. The summed E-state index contributed by atoms with van der Waals surface area (Å²) in [6.07, 6.45) is 5.02. The number of esters is 1. The highest BCUT2D eigenvalue weighted by Crippen LogP contribution is 2.36. The normalized spacial score (nSPS) is 13.2. The summed E-state index contributed by atoms with van der Waals surface area (Å²) >= 11 is 1.42. The average Bonchev–Trinajstić information content (AvgIpc) is 2.81. The first-order valence-corrected chi connectivity index (χ1v) is 9.37. The Labute approximate surface area is 159 Å². The molecule has 27 heavy (non-hydrogen) atoms. The van der Waals surface area contributed by atoms with Crippen LogP contribution in [0.4, 0.5) is 5.00 Å². The van der Waals surface area contributed by atoms with Crippen LogP contribution in [0.25, 0.3) is 0 Å². The number of amides is 1. The summed E-state index contributed by atoms with van der Waals surface area (Å²) in [6, 6.07) is 4.62. The summed E-state index contributed by atoms with van der Waals surface area (Å²) < 4.78 is 5.95. The molecule has 1 N–H and O–H groups in total. The summed E-state index contributed by atoms with van der Waals surface area (Å²) in [5, 5.41) is 16.4. The van der Waals surface area contributed by atoms with Crippen molar-refractivity contribution in [2.24, 2.45) is 7.05 Å². The quantitative estimate of drug-likeness (QED) is 0.633. The molecule has 140 valence electrons. The molecule has 2 aromatic rings. The summed E-state index contributed by atoms with van der Waals surface area (Å²) in [7, 11) is 1.41. The van der Waals surface area contributed by atoms with E-state index in [0.29, 0.717) is 10.6 Å². The molecule has 1 aliphatic rings. The average molecular weight is 386 g/mol. The lowest BCUT2D eigenvalue weighted by molar-refractivity contribution is -0.119. The highest BCUT2D eigenvalue weighted by atomic mass is 32.1. The highest BCUT2D eigenvalue weighted by molar-refractivity contribution is 7.16. The van der Waals surface area contributed by atoms with Crippen molar-refractivity contribution in [3.63, 3.8) is 0 Å². The summed E-state index contributed by atoms with van der Waals surface area (Å²) in [6.45, 7) is -0.503. The topological polar surface area (TPSA) is 114 Å². The van der Waals surface area contributed by atoms with Crippen molar-refractivity contribution in [3.05, 3.63) is 44.2 Å². The molecule has 1 aliphatic carbocycles. The molecule has 0 unspecified atom stereocenters. The van der Waals surface area contributed by atoms with Crippen LogP contribution in [0.2, 0.25) is 0 Å². The Bertz CT molecular complexity index is 986. The summed E-state index contributed by atoms with van der Waals surface area (Å²) in [4.78, 5) is 36.5. The molecule has 2 aromatic heterocycles.